The van der Waals surface area contributed by atoms with E-state index in [9.17, 15) is 0 Å². The molecule has 0 bridgehead atoms. The van der Waals surface area contributed by atoms with Crippen molar-refractivity contribution in [3.8, 4) is 28.7 Å². The molecule has 156 valence electrons. The monoisotopic (exact) mass is 413 g/mol. The third-order valence-electron chi connectivity index (χ3n) is 5.89. The summed E-state index contributed by atoms with van der Waals surface area (Å²) in [7, 11) is 0. The van der Waals surface area contributed by atoms with Gasteiger partial charge >= 0.3 is 0 Å². The smallest absolute Gasteiger partial charge is 0.233 e. The number of ether oxygens (including phenoxy) is 1. The van der Waals surface area contributed by atoms with Crippen LogP contribution >= 0.6 is 0 Å². The van der Waals surface area contributed by atoms with Gasteiger partial charge in [0.1, 0.15) is 17.5 Å². The normalized spacial score (nSPS) is 18.9. The van der Waals surface area contributed by atoms with E-state index in [1.54, 1.807) is 12.4 Å². The fourth-order valence-electron chi connectivity index (χ4n) is 4.08. The Hall–Kier alpha value is -3.39. The molecule has 1 aliphatic carbocycles. The van der Waals surface area contributed by atoms with Crippen molar-refractivity contribution in [2.24, 2.45) is 0 Å². The zero-order chi connectivity index (χ0) is 20.6. The van der Waals surface area contributed by atoms with E-state index >= 15 is 0 Å². The first-order chi connectivity index (χ1) is 15.3. The number of aromatic amines is 1. The molecule has 1 saturated carbocycles. The Bertz CT molecular complexity index is 1230. The summed E-state index contributed by atoms with van der Waals surface area (Å²) in [5.74, 6) is 1.86. The molecule has 0 amide bonds. The minimum absolute atomic E-state index is 0.122. The molecule has 4 aromatic rings. The van der Waals surface area contributed by atoms with Crippen molar-refractivity contribution < 1.29 is 4.74 Å². The van der Waals surface area contributed by atoms with E-state index in [1.165, 1.54) is 12.8 Å². The van der Waals surface area contributed by atoms with Crippen LogP contribution in [0.15, 0.2) is 42.9 Å². The van der Waals surface area contributed by atoms with Crippen LogP contribution in [0.2, 0.25) is 0 Å². The van der Waals surface area contributed by atoms with Gasteiger partial charge in [-0.25, -0.2) is 15.0 Å². The number of nitrogens with zero attached hydrogens (tertiary/aromatic N) is 5. The zero-order valence-electron chi connectivity index (χ0n) is 17.1. The van der Waals surface area contributed by atoms with Crippen LogP contribution in [0.3, 0.4) is 0 Å². The van der Waals surface area contributed by atoms with E-state index in [2.05, 4.69) is 36.5 Å². The van der Waals surface area contributed by atoms with Gasteiger partial charge in [0.2, 0.25) is 5.88 Å². The number of hydrogen-bond acceptors (Lipinski definition) is 7. The number of rotatable bonds is 5. The van der Waals surface area contributed by atoms with E-state index in [0.29, 0.717) is 17.5 Å². The van der Waals surface area contributed by atoms with Gasteiger partial charge < -0.3 is 10.1 Å². The lowest BCUT2D eigenvalue weighted by Crippen LogP contribution is -2.37. The van der Waals surface area contributed by atoms with Gasteiger partial charge in [0.25, 0.3) is 0 Å². The van der Waals surface area contributed by atoms with Crippen molar-refractivity contribution in [1.29, 1.82) is 0 Å². The minimum atomic E-state index is 0.122. The molecule has 2 N–H and O–H groups in total. The Kier molecular flexibility index (Phi) is 4.57. The SMILES string of the molecule is c1cc(C2CC2)nc(-c2ccc3[nH]nc(-c4cncc(OC5CCCNC5)n4)c3c2)n1. The molecule has 1 atom stereocenters. The number of fused-ring (bicyclic) bond motifs is 1. The van der Waals surface area contributed by atoms with Gasteiger partial charge in [-0.05, 0) is 56.5 Å². The number of piperidine rings is 1. The summed E-state index contributed by atoms with van der Waals surface area (Å²) in [6, 6.07) is 8.12. The number of aromatic nitrogens is 6. The van der Waals surface area contributed by atoms with Gasteiger partial charge in [-0.2, -0.15) is 5.10 Å². The van der Waals surface area contributed by atoms with Crippen LogP contribution in [0.5, 0.6) is 5.88 Å². The number of nitrogens with one attached hydrogen (secondary N) is 2. The van der Waals surface area contributed by atoms with Crippen LogP contribution < -0.4 is 10.1 Å². The van der Waals surface area contributed by atoms with Gasteiger partial charge in [0.05, 0.1) is 17.9 Å². The maximum Gasteiger partial charge on any atom is 0.233 e. The maximum atomic E-state index is 6.05. The van der Waals surface area contributed by atoms with Crippen molar-refractivity contribution in [1.82, 2.24) is 35.5 Å². The highest BCUT2D eigenvalue weighted by molar-refractivity contribution is 5.94. The highest BCUT2D eigenvalue weighted by atomic mass is 16.5. The highest BCUT2D eigenvalue weighted by Gasteiger charge is 2.25. The molecule has 2 aliphatic rings. The van der Waals surface area contributed by atoms with Gasteiger partial charge in [0.15, 0.2) is 5.82 Å². The molecular weight excluding hydrogens is 390 g/mol. The second-order valence-corrected chi connectivity index (χ2v) is 8.24. The molecule has 1 aliphatic heterocycles. The maximum absolute atomic E-state index is 6.05. The number of hydrogen-bond donors (Lipinski definition) is 2. The van der Waals surface area contributed by atoms with Crippen LogP contribution in [0.25, 0.3) is 33.7 Å². The Balaban J connectivity index is 1.34. The average molecular weight is 413 g/mol. The molecule has 1 unspecified atom stereocenters. The summed E-state index contributed by atoms with van der Waals surface area (Å²) in [6.45, 7) is 1.88. The van der Waals surface area contributed by atoms with E-state index < -0.39 is 0 Å². The Morgan fingerprint density at radius 3 is 2.87 bits per heavy atom. The molecular formula is C23H23N7O. The lowest BCUT2D eigenvalue weighted by molar-refractivity contribution is 0.160. The summed E-state index contributed by atoms with van der Waals surface area (Å²) in [6.07, 6.45) is 9.92. The van der Waals surface area contributed by atoms with E-state index in [1.807, 2.05) is 24.4 Å². The van der Waals surface area contributed by atoms with Crippen LogP contribution in [0.1, 0.15) is 37.3 Å². The summed E-state index contributed by atoms with van der Waals surface area (Å²) < 4.78 is 6.05. The molecule has 1 aromatic carbocycles. The quantitative estimate of drug-likeness (QED) is 0.516. The molecule has 1 saturated heterocycles. The Morgan fingerprint density at radius 1 is 1.03 bits per heavy atom. The van der Waals surface area contributed by atoms with Gasteiger partial charge in [-0.3, -0.25) is 10.1 Å². The van der Waals surface area contributed by atoms with Crippen molar-refractivity contribution >= 4 is 10.9 Å². The first-order valence-corrected chi connectivity index (χ1v) is 10.8. The van der Waals surface area contributed by atoms with Crippen LogP contribution in [-0.2, 0) is 0 Å². The molecule has 2 fully saturated rings. The summed E-state index contributed by atoms with van der Waals surface area (Å²) in [5, 5.41) is 11.9. The molecule has 3 aromatic heterocycles. The van der Waals surface area contributed by atoms with Crippen molar-refractivity contribution in [2.45, 2.75) is 37.7 Å². The second kappa shape index (κ2) is 7.70. The summed E-state index contributed by atoms with van der Waals surface area (Å²) >= 11 is 0. The highest BCUT2D eigenvalue weighted by Crippen LogP contribution is 2.39. The average Bonchev–Trinajstić information content (AvgIpc) is 3.59. The van der Waals surface area contributed by atoms with E-state index in [-0.39, 0.29) is 6.10 Å². The van der Waals surface area contributed by atoms with Crippen LogP contribution in [0.4, 0.5) is 0 Å². The third kappa shape index (κ3) is 3.74. The van der Waals surface area contributed by atoms with E-state index in [4.69, 9.17) is 9.72 Å². The molecule has 4 heterocycles. The second-order valence-electron chi connectivity index (χ2n) is 8.24. The standard InChI is InChI=1S/C23H23N7O/c1-2-16(11-24-8-1)31-21-13-25-12-20(27-21)22-17-10-15(5-6-19(17)29-30-22)23-26-9-7-18(28-23)14-3-4-14/h5-7,9-10,12-14,16,24H,1-4,8,11H2,(H,29,30). The largest absolute Gasteiger partial charge is 0.472 e. The zero-order valence-corrected chi connectivity index (χ0v) is 17.1. The molecule has 0 spiro atoms. The van der Waals surface area contributed by atoms with Crippen molar-refractivity contribution in [3.05, 3.63) is 48.5 Å². The van der Waals surface area contributed by atoms with Crippen LogP contribution in [0, 0.1) is 0 Å². The molecule has 8 nitrogen and oxygen atoms in total. The van der Waals surface area contributed by atoms with Gasteiger partial charge in [-0.15, -0.1) is 0 Å². The van der Waals surface area contributed by atoms with Gasteiger partial charge in [0, 0.05) is 35.3 Å². The number of benzene rings is 1. The lowest BCUT2D eigenvalue weighted by atomic mass is 10.1. The first-order valence-electron chi connectivity index (χ1n) is 10.8. The van der Waals surface area contributed by atoms with Crippen LogP contribution in [-0.4, -0.2) is 49.3 Å². The fraction of sp³-hybridized carbons (Fsp3) is 0.348. The predicted molar refractivity (Wildman–Crippen MR) is 117 cm³/mol. The van der Waals surface area contributed by atoms with Crippen molar-refractivity contribution in [3.63, 3.8) is 0 Å². The van der Waals surface area contributed by atoms with Crippen molar-refractivity contribution in [2.75, 3.05) is 13.1 Å². The summed E-state index contributed by atoms with van der Waals surface area (Å²) in [4.78, 5) is 18.3. The Morgan fingerprint density at radius 2 is 2.00 bits per heavy atom. The topological polar surface area (TPSA) is 102 Å². The van der Waals surface area contributed by atoms with E-state index in [0.717, 1.165) is 59.6 Å². The molecule has 8 heteroatoms. The fourth-order valence-corrected chi connectivity index (χ4v) is 4.08. The molecule has 31 heavy (non-hydrogen) atoms. The summed E-state index contributed by atoms with van der Waals surface area (Å²) in [5.41, 5.74) is 4.45. The molecule has 0 radical (unpaired) electrons. The first kappa shape index (κ1) is 18.4. The van der Waals surface area contributed by atoms with Gasteiger partial charge in [-0.1, -0.05) is 0 Å². The predicted octanol–water partition coefficient (Wildman–Crippen LogP) is 3.49. The Labute approximate surface area is 179 Å². The molecule has 6 rings (SSSR count). The third-order valence-corrected chi connectivity index (χ3v) is 5.89. The minimum Gasteiger partial charge on any atom is -0.472 e. The number of H-pyrrole nitrogens is 1. The lowest BCUT2D eigenvalue weighted by Gasteiger charge is -2.23.